The van der Waals surface area contributed by atoms with Gasteiger partial charge in [-0.1, -0.05) is 0 Å². The highest BCUT2D eigenvalue weighted by molar-refractivity contribution is 9.10. The fraction of sp³-hybridized carbons (Fsp3) is 0.300. The Hall–Kier alpha value is -1.24. The summed E-state index contributed by atoms with van der Waals surface area (Å²) in [5, 5.41) is 8.67. The first-order valence-corrected chi connectivity index (χ1v) is 5.31. The van der Waals surface area contributed by atoms with Crippen LogP contribution in [0.5, 0.6) is 5.75 Å². The van der Waals surface area contributed by atoms with Gasteiger partial charge in [0.25, 0.3) is 0 Å². The van der Waals surface area contributed by atoms with Gasteiger partial charge >= 0.3 is 12.1 Å². The fourth-order valence-electron chi connectivity index (χ4n) is 1.03. The van der Waals surface area contributed by atoms with Crippen LogP contribution in [0.2, 0.25) is 0 Å². The van der Waals surface area contributed by atoms with E-state index < -0.39 is 25.2 Å². The van der Waals surface area contributed by atoms with Crippen LogP contribution >= 0.6 is 15.9 Å². The number of ether oxygens (including phenoxy) is 1. The minimum absolute atomic E-state index is 0.0278. The smallest absolute Gasteiger partial charge is 0.392 e. The lowest BCUT2D eigenvalue weighted by Crippen LogP contribution is -2.13. The van der Waals surface area contributed by atoms with E-state index in [9.17, 15) is 18.0 Å². The Kier molecular flexibility index (Phi) is 4.39. The summed E-state index contributed by atoms with van der Waals surface area (Å²) in [5.41, 5.74) is 0.0278. The van der Waals surface area contributed by atoms with Crippen molar-refractivity contribution < 1.29 is 27.8 Å². The third-order valence-electron chi connectivity index (χ3n) is 1.82. The Balaban J connectivity index is 2.64. The molecule has 0 aliphatic carbocycles. The first-order valence-electron chi connectivity index (χ1n) is 4.52. The molecule has 0 atom stereocenters. The first-order chi connectivity index (χ1) is 7.79. The molecule has 0 radical (unpaired) electrons. The van der Waals surface area contributed by atoms with Crippen LogP contribution in [0.3, 0.4) is 0 Å². The van der Waals surface area contributed by atoms with E-state index in [-0.39, 0.29) is 11.3 Å². The molecule has 1 rings (SSSR count). The van der Waals surface area contributed by atoms with Gasteiger partial charge in [0, 0.05) is 0 Å². The van der Waals surface area contributed by atoms with Crippen LogP contribution in [-0.4, -0.2) is 23.9 Å². The lowest BCUT2D eigenvalue weighted by atomic mass is 10.2. The number of benzene rings is 1. The monoisotopic (exact) mass is 312 g/mol. The average Bonchev–Trinajstić information content (AvgIpc) is 2.18. The number of carboxylic acid groups (broad SMARTS) is 1. The van der Waals surface area contributed by atoms with Crippen LogP contribution in [0, 0.1) is 0 Å². The quantitative estimate of drug-likeness (QED) is 0.926. The van der Waals surface area contributed by atoms with E-state index in [4.69, 9.17) is 9.84 Å². The molecular formula is C10H8BrF3O3. The summed E-state index contributed by atoms with van der Waals surface area (Å²) in [5.74, 6) is -0.938. The van der Waals surface area contributed by atoms with Crippen LogP contribution in [0.1, 0.15) is 16.8 Å². The third kappa shape index (κ3) is 4.64. The van der Waals surface area contributed by atoms with Gasteiger partial charge < -0.3 is 9.84 Å². The van der Waals surface area contributed by atoms with Crippen LogP contribution < -0.4 is 4.74 Å². The minimum Gasteiger partial charge on any atom is -0.492 e. The zero-order chi connectivity index (χ0) is 13.1. The SMILES string of the molecule is O=C(O)c1ccc(OCCC(F)(F)F)c(Br)c1. The number of hydrogen-bond acceptors (Lipinski definition) is 2. The van der Waals surface area contributed by atoms with E-state index in [1.54, 1.807) is 0 Å². The van der Waals surface area contributed by atoms with E-state index in [1.807, 2.05) is 0 Å². The highest BCUT2D eigenvalue weighted by atomic mass is 79.9. The highest BCUT2D eigenvalue weighted by Crippen LogP contribution is 2.27. The number of aromatic carboxylic acids is 1. The van der Waals surface area contributed by atoms with Gasteiger partial charge in [-0.05, 0) is 34.1 Å². The summed E-state index contributed by atoms with van der Waals surface area (Å²) in [6, 6.07) is 3.84. The minimum atomic E-state index is -4.27. The fourth-order valence-corrected chi connectivity index (χ4v) is 1.52. The molecule has 3 nitrogen and oxygen atoms in total. The van der Waals surface area contributed by atoms with Crippen LogP contribution in [-0.2, 0) is 0 Å². The Labute approximate surface area is 103 Å². The van der Waals surface area contributed by atoms with E-state index in [0.717, 1.165) is 0 Å². The van der Waals surface area contributed by atoms with Crippen LogP contribution in [0.4, 0.5) is 13.2 Å². The molecule has 17 heavy (non-hydrogen) atoms. The Morgan fingerprint density at radius 2 is 2.06 bits per heavy atom. The van der Waals surface area contributed by atoms with Crippen molar-refractivity contribution in [3.63, 3.8) is 0 Å². The number of alkyl halides is 3. The Bertz CT molecular complexity index is 418. The second kappa shape index (κ2) is 5.39. The maximum atomic E-state index is 11.9. The van der Waals surface area contributed by atoms with Gasteiger partial charge in [-0.2, -0.15) is 13.2 Å². The molecule has 0 bridgehead atoms. The van der Waals surface area contributed by atoms with E-state index >= 15 is 0 Å². The number of halogens is 4. The molecule has 7 heteroatoms. The summed E-state index contributed by atoms with van der Waals surface area (Å²) in [7, 11) is 0. The molecule has 0 unspecified atom stereocenters. The van der Waals surface area contributed by atoms with Gasteiger partial charge in [-0.15, -0.1) is 0 Å². The van der Waals surface area contributed by atoms with Gasteiger partial charge in [0.05, 0.1) is 23.1 Å². The zero-order valence-corrected chi connectivity index (χ0v) is 10.0. The second-order valence-corrected chi connectivity index (χ2v) is 4.02. The molecule has 0 saturated heterocycles. The summed E-state index contributed by atoms with van der Waals surface area (Å²) < 4.78 is 40.8. The molecule has 0 fully saturated rings. The van der Waals surface area contributed by atoms with Gasteiger partial charge in [0.2, 0.25) is 0 Å². The zero-order valence-electron chi connectivity index (χ0n) is 8.42. The van der Waals surface area contributed by atoms with Crippen molar-refractivity contribution in [2.24, 2.45) is 0 Å². The third-order valence-corrected chi connectivity index (χ3v) is 2.44. The predicted octanol–water partition coefficient (Wildman–Crippen LogP) is 3.48. The van der Waals surface area contributed by atoms with Crippen LogP contribution in [0.15, 0.2) is 22.7 Å². The van der Waals surface area contributed by atoms with Crippen molar-refractivity contribution in [3.05, 3.63) is 28.2 Å². The molecule has 0 aliphatic heterocycles. The van der Waals surface area contributed by atoms with Crippen molar-refractivity contribution in [2.45, 2.75) is 12.6 Å². The van der Waals surface area contributed by atoms with Crippen molar-refractivity contribution in [3.8, 4) is 5.75 Å². The highest BCUT2D eigenvalue weighted by Gasteiger charge is 2.26. The normalized spacial score (nSPS) is 11.3. The topological polar surface area (TPSA) is 46.5 Å². The van der Waals surface area contributed by atoms with Crippen LogP contribution in [0.25, 0.3) is 0 Å². The standard InChI is InChI=1S/C10H8BrF3O3/c11-7-5-6(9(15)16)1-2-8(7)17-4-3-10(12,13)14/h1-2,5H,3-4H2,(H,15,16). The van der Waals surface area contributed by atoms with Gasteiger partial charge in [-0.3, -0.25) is 0 Å². The van der Waals surface area contributed by atoms with Gasteiger partial charge in [-0.25, -0.2) is 4.79 Å². The summed E-state index contributed by atoms with van der Waals surface area (Å²) >= 11 is 3.03. The molecule has 0 amide bonds. The molecule has 0 spiro atoms. The maximum Gasteiger partial charge on any atom is 0.392 e. The molecule has 0 aliphatic rings. The summed E-state index contributed by atoms with van der Waals surface area (Å²) in [6.45, 7) is -0.505. The first kappa shape index (κ1) is 13.8. The molecule has 1 aromatic rings. The maximum absolute atomic E-state index is 11.9. The van der Waals surface area contributed by atoms with Crippen molar-refractivity contribution in [2.75, 3.05) is 6.61 Å². The van der Waals surface area contributed by atoms with Crippen molar-refractivity contribution >= 4 is 21.9 Å². The molecule has 1 aromatic carbocycles. The second-order valence-electron chi connectivity index (χ2n) is 3.16. The van der Waals surface area contributed by atoms with Gasteiger partial charge in [0.15, 0.2) is 0 Å². The molecule has 1 N–H and O–H groups in total. The predicted molar refractivity (Wildman–Crippen MR) is 57.3 cm³/mol. The molecular weight excluding hydrogens is 305 g/mol. The molecule has 0 aromatic heterocycles. The largest absolute Gasteiger partial charge is 0.492 e. The average molecular weight is 313 g/mol. The number of rotatable bonds is 4. The molecule has 94 valence electrons. The van der Waals surface area contributed by atoms with Crippen molar-refractivity contribution in [1.82, 2.24) is 0 Å². The van der Waals surface area contributed by atoms with E-state index in [1.165, 1.54) is 18.2 Å². The van der Waals surface area contributed by atoms with E-state index in [2.05, 4.69) is 15.9 Å². The lowest BCUT2D eigenvalue weighted by Gasteiger charge is -2.10. The summed E-state index contributed by atoms with van der Waals surface area (Å²) in [6.07, 6.45) is -5.33. The Morgan fingerprint density at radius 1 is 1.41 bits per heavy atom. The Morgan fingerprint density at radius 3 is 2.53 bits per heavy atom. The number of carboxylic acids is 1. The lowest BCUT2D eigenvalue weighted by molar-refractivity contribution is -0.139. The van der Waals surface area contributed by atoms with Gasteiger partial charge in [0.1, 0.15) is 5.75 Å². The van der Waals surface area contributed by atoms with E-state index in [0.29, 0.717) is 4.47 Å². The number of hydrogen-bond donors (Lipinski definition) is 1. The molecule has 0 saturated carbocycles. The van der Waals surface area contributed by atoms with Crippen molar-refractivity contribution in [1.29, 1.82) is 0 Å². The summed E-state index contributed by atoms with van der Waals surface area (Å²) in [4.78, 5) is 10.6. The molecule has 0 heterocycles. The number of carbonyl (C=O) groups is 1.